The molecule has 0 aromatic rings. The fraction of sp³-hybridized carbons (Fsp3) is 0.667. The highest BCUT2D eigenvalue weighted by molar-refractivity contribution is 5.54. The fourth-order valence-electron chi connectivity index (χ4n) is 1.67. The van der Waals surface area contributed by atoms with E-state index in [0.717, 1.165) is 12.7 Å². The zero-order valence-electron chi connectivity index (χ0n) is 6.47. The van der Waals surface area contributed by atoms with Crippen molar-refractivity contribution in [1.82, 2.24) is 0 Å². The van der Waals surface area contributed by atoms with Gasteiger partial charge in [-0.2, -0.15) is 0 Å². The van der Waals surface area contributed by atoms with E-state index in [1.807, 2.05) is 6.92 Å². The molecule has 1 rings (SSSR count). The molecule has 0 heterocycles. The Morgan fingerprint density at radius 3 is 2.90 bits per heavy atom. The molecule has 0 aliphatic heterocycles. The van der Waals surface area contributed by atoms with Gasteiger partial charge in [-0.25, -0.2) is 0 Å². The largest absolute Gasteiger partial charge is 0.303 e. The summed E-state index contributed by atoms with van der Waals surface area (Å²) in [5, 5.41) is 0. The molecule has 0 amide bonds. The number of hydrogen-bond donors (Lipinski definition) is 0. The van der Waals surface area contributed by atoms with E-state index in [1.165, 1.54) is 18.4 Å². The SMILES string of the molecule is C=C1CCCC1C(C)C=O. The summed E-state index contributed by atoms with van der Waals surface area (Å²) in [5.74, 6) is 0.674. The van der Waals surface area contributed by atoms with Crippen molar-refractivity contribution in [1.29, 1.82) is 0 Å². The highest BCUT2D eigenvalue weighted by Crippen LogP contribution is 2.34. The molecule has 0 N–H and O–H groups in total. The van der Waals surface area contributed by atoms with Crippen molar-refractivity contribution in [3.05, 3.63) is 12.2 Å². The van der Waals surface area contributed by atoms with Crippen molar-refractivity contribution < 1.29 is 4.79 Å². The van der Waals surface area contributed by atoms with Crippen LogP contribution in [0.5, 0.6) is 0 Å². The molecule has 0 aromatic carbocycles. The molecular weight excluding hydrogens is 124 g/mol. The zero-order chi connectivity index (χ0) is 7.56. The third kappa shape index (κ3) is 1.28. The van der Waals surface area contributed by atoms with Crippen LogP contribution in [-0.4, -0.2) is 6.29 Å². The molecule has 10 heavy (non-hydrogen) atoms. The first kappa shape index (κ1) is 7.52. The predicted octanol–water partition coefficient (Wildman–Crippen LogP) is 2.18. The molecule has 0 saturated heterocycles. The minimum absolute atomic E-state index is 0.190. The molecule has 1 saturated carbocycles. The van der Waals surface area contributed by atoms with E-state index >= 15 is 0 Å². The van der Waals surface area contributed by atoms with E-state index in [4.69, 9.17) is 0 Å². The van der Waals surface area contributed by atoms with E-state index in [1.54, 1.807) is 0 Å². The summed E-state index contributed by atoms with van der Waals surface area (Å²) in [7, 11) is 0. The topological polar surface area (TPSA) is 17.1 Å². The standard InChI is InChI=1S/C9H14O/c1-7-4-3-5-9(7)8(2)6-10/h6,8-9H,1,3-5H2,2H3. The van der Waals surface area contributed by atoms with Crippen molar-refractivity contribution in [3.63, 3.8) is 0 Å². The average molecular weight is 138 g/mol. The quantitative estimate of drug-likeness (QED) is 0.422. The van der Waals surface area contributed by atoms with Gasteiger partial charge < -0.3 is 4.79 Å². The first-order valence-electron chi connectivity index (χ1n) is 3.88. The summed E-state index contributed by atoms with van der Waals surface area (Å²) in [6.07, 6.45) is 4.56. The molecule has 1 fully saturated rings. The molecule has 1 aliphatic carbocycles. The van der Waals surface area contributed by atoms with Gasteiger partial charge in [0.15, 0.2) is 0 Å². The minimum Gasteiger partial charge on any atom is -0.303 e. The first-order chi connectivity index (χ1) is 4.75. The zero-order valence-corrected chi connectivity index (χ0v) is 6.47. The van der Waals surface area contributed by atoms with Crippen molar-refractivity contribution in [2.75, 3.05) is 0 Å². The van der Waals surface area contributed by atoms with Crippen LogP contribution >= 0.6 is 0 Å². The molecule has 56 valence electrons. The normalized spacial score (nSPS) is 28.5. The van der Waals surface area contributed by atoms with Crippen LogP contribution in [0.15, 0.2) is 12.2 Å². The van der Waals surface area contributed by atoms with Crippen LogP contribution in [0, 0.1) is 11.8 Å². The molecule has 2 atom stereocenters. The highest BCUT2D eigenvalue weighted by atomic mass is 16.1. The maximum atomic E-state index is 10.4. The Bertz CT molecular complexity index is 149. The third-order valence-electron chi connectivity index (χ3n) is 2.39. The van der Waals surface area contributed by atoms with Gasteiger partial charge in [0.25, 0.3) is 0 Å². The van der Waals surface area contributed by atoms with Gasteiger partial charge in [0, 0.05) is 5.92 Å². The summed E-state index contributed by atoms with van der Waals surface area (Å²) in [4.78, 5) is 10.4. The lowest BCUT2D eigenvalue weighted by molar-refractivity contribution is -0.111. The molecule has 0 aromatic heterocycles. The van der Waals surface area contributed by atoms with Gasteiger partial charge in [0.1, 0.15) is 6.29 Å². The Morgan fingerprint density at radius 1 is 1.80 bits per heavy atom. The number of aldehydes is 1. The summed E-state index contributed by atoms with van der Waals surface area (Å²) < 4.78 is 0. The van der Waals surface area contributed by atoms with Gasteiger partial charge in [0.05, 0.1) is 0 Å². The number of rotatable bonds is 2. The second-order valence-corrected chi connectivity index (χ2v) is 3.15. The molecule has 0 spiro atoms. The summed E-state index contributed by atoms with van der Waals surface area (Å²) in [6, 6.07) is 0. The van der Waals surface area contributed by atoms with Gasteiger partial charge >= 0.3 is 0 Å². The van der Waals surface area contributed by atoms with E-state index in [0.29, 0.717) is 5.92 Å². The molecule has 1 heteroatoms. The average Bonchev–Trinajstić information content (AvgIpc) is 2.34. The van der Waals surface area contributed by atoms with Crippen LogP contribution in [0.1, 0.15) is 26.2 Å². The van der Waals surface area contributed by atoms with Gasteiger partial charge in [-0.05, 0) is 25.2 Å². The van der Waals surface area contributed by atoms with Crippen molar-refractivity contribution in [3.8, 4) is 0 Å². The number of carbonyl (C=O) groups excluding carboxylic acids is 1. The maximum Gasteiger partial charge on any atom is 0.123 e. The number of carbonyl (C=O) groups is 1. The molecule has 2 unspecified atom stereocenters. The molecule has 1 nitrogen and oxygen atoms in total. The summed E-state index contributed by atoms with van der Waals surface area (Å²) in [5.41, 5.74) is 1.28. The first-order valence-corrected chi connectivity index (χ1v) is 3.88. The lowest BCUT2D eigenvalue weighted by Gasteiger charge is -2.12. The minimum atomic E-state index is 0.190. The summed E-state index contributed by atoms with van der Waals surface area (Å²) in [6.45, 7) is 5.93. The molecule has 0 radical (unpaired) electrons. The van der Waals surface area contributed by atoms with E-state index in [9.17, 15) is 4.79 Å². The van der Waals surface area contributed by atoms with Crippen molar-refractivity contribution in [2.24, 2.45) is 11.8 Å². The van der Waals surface area contributed by atoms with Crippen LogP contribution in [0.25, 0.3) is 0 Å². The Labute approximate surface area is 62.1 Å². The molecule has 0 bridgehead atoms. The molecular formula is C9H14O. The second-order valence-electron chi connectivity index (χ2n) is 3.15. The number of allylic oxidation sites excluding steroid dienone is 1. The van der Waals surface area contributed by atoms with E-state index in [-0.39, 0.29) is 5.92 Å². The Hall–Kier alpha value is -0.590. The fourth-order valence-corrected chi connectivity index (χ4v) is 1.67. The van der Waals surface area contributed by atoms with Crippen LogP contribution in [0.2, 0.25) is 0 Å². The van der Waals surface area contributed by atoms with Crippen LogP contribution < -0.4 is 0 Å². The molecule has 1 aliphatic rings. The van der Waals surface area contributed by atoms with Gasteiger partial charge in [-0.15, -0.1) is 0 Å². The van der Waals surface area contributed by atoms with Gasteiger partial charge in [-0.1, -0.05) is 19.1 Å². The van der Waals surface area contributed by atoms with Gasteiger partial charge in [-0.3, -0.25) is 0 Å². The van der Waals surface area contributed by atoms with E-state index < -0.39 is 0 Å². The second kappa shape index (κ2) is 3.00. The monoisotopic (exact) mass is 138 g/mol. The Morgan fingerprint density at radius 2 is 2.50 bits per heavy atom. The third-order valence-corrected chi connectivity index (χ3v) is 2.39. The Balaban J connectivity index is 2.54. The van der Waals surface area contributed by atoms with Crippen molar-refractivity contribution in [2.45, 2.75) is 26.2 Å². The van der Waals surface area contributed by atoms with Gasteiger partial charge in [0.2, 0.25) is 0 Å². The lowest BCUT2D eigenvalue weighted by Crippen LogP contribution is -2.09. The van der Waals surface area contributed by atoms with E-state index in [2.05, 4.69) is 6.58 Å². The maximum absolute atomic E-state index is 10.4. The van der Waals surface area contributed by atoms with Crippen LogP contribution in [-0.2, 0) is 4.79 Å². The smallest absolute Gasteiger partial charge is 0.123 e. The van der Waals surface area contributed by atoms with Crippen LogP contribution in [0.4, 0.5) is 0 Å². The lowest BCUT2D eigenvalue weighted by atomic mass is 9.91. The Kier molecular flexibility index (Phi) is 2.25. The number of hydrogen-bond acceptors (Lipinski definition) is 1. The van der Waals surface area contributed by atoms with Crippen LogP contribution in [0.3, 0.4) is 0 Å². The highest BCUT2D eigenvalue weighted by Gasteiger charge is 2.23. The predicted molar refractivity (Wildman–Crippen MR) is 41.7 cm³/mol. The summed E-state index contributed by atoms with van der Waals surface area (Å²) >= 11 is 0. The van der Waals surface area contributed by atoms with Crippen molar-refractivity contribution >= 4 is 6.29 Å².